The van der Waals surface area contributed by atoms with E-state index in [2.05, 4.69) is 20.8 Å². The molecule has 86 valence electrons. The van der Waals surface area contributed by atoms with Crippen molar-refractivity contribution in [2.45, 2.75) is 27.7 Å². The smallest absolute Gasteiger partial charge is 0.361 e. The summed E-state index contributed by atoms with van der Waals surface area (Å²) in [5.74, 6) is -0.0759. The van der Waals surface area contributed by atoms with Crippen LogP contribution in [0.5, 0.6) is 0 Å². The molecule has 0 unspecified atom stereocenters. The Labute approximate surface area is 97.8 Å². The van der Waals surface area contributed by atoms with Gasteiger partial charge in [0.1, 0.15) is 0 Å². The Morgan fingerprint density at radius 1 is 1.07 bits per heavy atom. The van der Waals surface area contributed by atoms with Crippen LogP contribution in [0.15, 0.2) is 0 Å². The molecule has 0 saturated heterocycles. The average Bonchev–Trinajstić information content (AvgIpc) is 2.15. The minimum Gasteiger partial charge on any atom is -1.00 e. The normalized spacial score (nSPS) is 10.6. The topological polar surface area (TPSA) is 26.3 Å². The van der Waals surface area contributed by atoms with E-state index in [-0.39, 0.29) is 23.0 Å². The molecule has 0 saturated carbocycles. The third kappa shape index (κ3) is 4.96. The van der Waals surface area contributed by atoms with Gasteiger partial charge in [-0.15, -0.1) is 0 Å². The Bertz CT molecular complexity index is 150. The molecule has 0 amide bonds. The van der Waals surface area contributed by atoms with Gasteiger partial charge in [-0.1, -0.05) is 0 Å². The summed E-state index contributed by atoms with van der Waals surface area (Å²) in [5.41, 5.74) is 0. The number of quaternary nitrogens is 1. The van der Waals surface area contributed by atoms with Crippen LogP contribution < -0.4 is 17.0 Å². The van der Waals surface area contributed by atoms with E-state index in [0.29, 0.717) is 13.2 Å². The van der Waals surface area contributed by atoms with Crippen LogP contribution in [0.4, 0.5) is 0 Å². The first-order valence-corrected chi connectivity index (χ1v) is 5.14. The summed E-state index contributed by atoms with van der Waals surface area (Å²) < 4.78 is 5.78. The highest BCUT2D eigenvalue weighted by molar-refractivity contribution is 5.70. The van der Waals surface area contributed by atoms with Gasteiger partial charge in [-0.3, -0.25) is 0 Å². The molecule has 0 atom stereocenters. The van der Waals surface area contributed by atoms with Gasteiger partial charge in [0, 0.05) is 0 Å². The van der Waals surface area contributed by atoms with Gasteiger partial charge >= 0.3 is 5.97 Å². The Kier molecular flexibility index (Phi) is 9.62. The number of nitrogens with zero attached hydrogens (tertiary/aromatic N) is 1. The number of rotatable bonds is 6. The lowest BCUT2D eigenvalue weighted by molar-refractivity contribution is -0.916. The molecule has 0 aliphatic carbocycles. The van der Waals surface area contributed by atoms with E-state index in [1.807, 2.05) is 6.92 Å². The molecule has 0 radical (unpaired) electrons. The van der Waals surface area contributed by atoms with Gasteiger partial charge in [-0.05, 0) is 27.7 Å². The zero-order chi connectivity index (χ0) is 10.3. The molecule has 4 heteroatoms. The second-order valence-electron chi connectivity index (χ2n) is 3.25. The first-order valence-electron chi connectivity index (χ1n) is 5.14. The fraction of sp³-hybridized carbons (Fsp3) is 0.900. The van der Waals surface area contributed by atoms with Gasteiger partial charge in [-0.25, -0.2) is 4.79 Å². The molecule has 0 spiro atoms. The lowest BCUT2D eigenvalue weighted by Gasteiger charge is -2.34. The second-order valence-corrected chi connectivity index (χ2v) is 3.25. The minimum atomic E-state index is -0.0759. The maximum Gasteiger partial charge on any atom is 0.361 e. The standard InChI is InChI=1S/C10H22NO2.BrH/c1-5-11(6-2,7-3)9-10(12)13-8-4;/h5-9H2,1-4H3;1H/q+1;/p-1. The summed E-state index contributed by atoms with van der Waals surface area (Å²) in [6.07, 6.45) is 0. The average molecular weight is 268 g/mol. The molecule has 0 fully saturated rings. The van der Waals surface area contributed by atoms with E-state index in [1.165, 1.54) is 0 Å². The SMILES string of the molecule is CCOC(=O)C[N+](CC)(CC)CC.[Br-]. The highest BCUT2D eigenvalue weighted by Gasteiger charge is 2.25. The van der Waals surface area contributed by atoms with Crippen molar-refractivity contribution in [3.63, 3.8) is 0 Å². The van der Waals surface area contributed by atoms with Gasteiger partial charge in [0.05, 0.1) is 26.2 Å². The molecule has 0 N–H and O–H groups in total. The van der Waals surface area contributed by atoms with Crippen molar-refractivity contribution in [2.75, 3.05) is 32.8 Å². The summed E-state index contributed by atoms with van der Waals surface area (Å²) in [6, 6.07) is 0. The van der Waals surface area contributed by atoms with Gasteiger partial charge in [-0.2, -0.15) is 0 Å². The maximum absolute atomic E-state index is 11.3. The Balaban J connectivity index is 0. The van der Waals surface area contributed by atoms with Crippen molar-refractivity contribution in [1.82, 2.24) is 0 Å². The summed E-state index contributed by atoms with van der Waals surface area (Å²) in [6.45, 7) is 12.2. The number of carbonyl (C=O) groups excluding carboxylic acids is 1. The van der Waals surface area contributed by atoms with Crippen LogP contribution in [0.3, 0.4) is 0 Å². The van der Waals surface area contributed by atoms with Crippen LogP contribution in [-0.2, 0) is 9.53 Å². The first-order chi connectivity index (χ1) is 6.14. The van der Waals surface area contributed by atoms with E-state index >= 15 is 0 Å². The van der Waals surface area contributed by atoms with E-state index in [0.717, 1.165) is 24.1 Å². The van der Waals surface area contributed by atoms with Crippen LogP contribution >= 0.6 is 0 Å². The van der Waals surface area contributed by atoms with Crippen molar-refractivity contribution in [2.24, 2.45) is 0 Å². The minimum absolute atomic E-state index is 0. The molecule has 0 rings (SSSR count). The first kappa shape index (κ1) is 16.3. The molecular weight excluding hydrogens is 246 g/mol. The van der Waals surface area contributed by atoms with E-state index in [9.17, 15) is 4.79 Å². The Morgan fingerprint density at radius 2 is 1.50 bits per heavy atom. The fourth-order valence-corrected chi connectivity index (χ4v) is 1.49. The van der Waals surface area contributed by atoms with E-state index < -0.39 is 0 Å². The largest absolute Gasteiger partial charge is 1.00 e. The Hall–Kier alpha value is -0.0900. The summed E-state index contributed by atoms with van der Waals surface area (Å²) in [5, 5.41) is 0. The molecule has 0 bridgehead atoms. The summed E-state index contributed by atoms with van der Waals surface area (Å²) in [4.78, 5) is 11.3. The maximum atomic E-state index is 11.3. The van der Waals surface area contributed by atoms with Gasteiger partial charge in [0.25, 0.3) is 0 Å². The monoisotopic (exact) mass is 267 g/mol. The zero-order valence-electron chi connectivity index (χ0n) is 9.68. The van der Waals surface area contributed by atoms with Crippen molar-refractivity contribution in [3.8, 4) is 0 Å². The molecule has 0 aliphatic heterocycles. The predicted molar refractivity (Wildman–Crippen MR) is 53.4 cm³/mol. The molecule has 0 aromatic carbocycles. The van der Waals surface area contributed by atoms with Crippen LogP contribution in [0.1, 0.15) is 27.7 Å². The van der Waals surface area contributed by atoms with Crippen LogP contribution in [0.2, 0.25) is 0 Å². The molecule has 3 nitrogen and oxygen atoms in total. The quantitative estimate of drug-likeness (QED) is 0.430. The van der Waals surface area contributed by atoms with Gasteiger partial charge in [0.2, 0.25) is 0 Å². The van der Waals surface area contributed by atoms with Crippen molar-refractivity contribution < 1.29 is 31.0 Å². The number of carbonyl (C=O) groups is 1. The third-order valence-electron chi connectivity index (χ3n) is 2.78. The number of hydrogen-bond donors (Lipinski definition) is 0. The molecule has 14 heavy (non-hydrogen) atoms. The molecule has 0 heterocycles. The van der Waals surface area contributed by atoms with Crippen molar-refractivity contribution >= 4 is 5.97 Å². The molecule has 0 aliphatic rings. The molecule has 0 aromatic heterocycles. The molecule has 0 aromatic rings. The molecular formula is C10H22BrNO2. The number of hydrogen-bond acceptors (Lipinski definition) is 2. The van der Waals surface area contributed by atoms with Crippen LogP contribution in [-0.4, -0.2) is 43.2 Å². The number of esters is 1. The highest BCUT2D eigenvalue weighted by atomic mass is 79.9. The zero-order valence-corrected chi connectivity index (χ0v) is 11.3. The van der Waals surface area contributed by atoms with Crippen molar-refractivity contribution in [3.05, 3.63) is 0 Å². The lowest BCUT2D eigenvalue weighted by Crippen LogP contribution is -3.00. The highest BCUT2D eigenvalue weighted by Crippen LogP contribution is 2.05. The number of halogens is 1. The summed E-state index contributed by atoms with van der Waals surface area (Å²) in [7, 11) is 0. The van der Waals surface area contributed by atoms with E-state index in [1.54, 1.807) is 0 Å². The van der Waals surface area contributed by atoms with Gasteiger partial charge < -0.3 is 26.2 Å². The summed E-state index contributed by atoms with van der Waals surface area (Å²) >= 11 is 0. The fourth-order valence-electron chi connectivity index (χ4n) is 1.49. The predicted octanol–water partition coefficient (Wildman–Crippen LogP) is -1.57. The Morgan fingerprint density at radius 3 is 1.79 bits per heavy atom. The third-order valence-corrected chi connectivity index (χ3v) is 2.78. The lowest BCUT2D eigenvalue weighted by atomic mass is 10.3. The van der Waals surface area contributed by atoms with Crippen LogP contribution in [0, 0.1) is 0 Å². The number of ether oxygens (including phenoxy) is 1. The van der Waals surface area contributed by atoms with E-state index in [4.69, 9.17) is 4.74 Å². The van der Waals surface area contributed by atoms with Crippen LogP contribution in [0.25, 0.3) is 0 Å². The van der Waals surface area contributed by atoms with Gasteiger partial charge in [0.15, 0.2) is 6.54 Å². The number of likely N-dealkylation sites (N-methyl/N-ethyl adjacent to an activating group) is 1. The van der Waals surface area contributed by atoms with Crippen molar-refractivity contribution in [1.29, 1.82) is 0 Å². The second kappa shape index (κ2) is 8.24.